The summed E-state index contributed by atoms with van der Waals surface area (Å²) < 4.78 is 52.0. The van der Waals surface area contributed by atoms with E-state index in [1.54, 1.807) is 24.3 Å². The summed E-state index contributed by atoms with van der Waals surface area (Å²) in [5.74, 6) is -4.85. The number of alkyl halides is 3. The molecule has 1 aromatic carbocycles. The van der Waals surface area contributed by atoms with Gasteiger partial charge in [-0.05, 0) is 43.9 Å². The van der Waals surface area contributed by atoms with Gasteiger partial charge in [-0.2, -0.15) is 13.2 Å². The van der Waals surface area contributed by atoms with Crippen LogP contribution in [0.25, 0.3) is 5.57 Å². The van der Waals surface area contributed by atoms with Gasteiger partial charge >= 0.3 is 18.1 Å². The lowest BCUT2D eigenvalue weighted by molar-refractivity contribution is -0.209. The summed E-state index contributed by atoms with van der Waals surface area (Å²) in [7, 11) is 0. The summed E-state index contributed by atoms with van der Waals surface area (Å²) in [5.41, 5.74) is -1.54. The number of esters is 2. The number of hydrogen-bond acceptors (Lipinski definition) is 4. The van der Waals surface area contributed by atoms with Crippen molar-refractivity contribution in [2.75, 3.05) is 13.2 Å². The molecule has 1 atom stereocenters. The molecule has 0 N–H and O–H groups in total. The first kappa shape index (κ1) is 20.0. The van der Waals surface area contributed by atoms with Gasteiger partial charge in [0.1, 0.15) is 5.92 Å². The van der Waals surface area contributed by atoms with Crippen LogP contribution in [-0.2, 0) is 25.5 Å². The van der Waals surface area contributed by atoms with Crippen molar-refractivity contribution < 1.29 is 32.2 Å². The molecule has 142 valence electrons. The highest BCUT2D eigenvalue weighted by Crippen LogP contribution is 2.51. The Balaban J connectivity index is 2.63. The molecule has 26 heavy (non-hydrogen) atoms. The number of carbonyl (C=O) groups is 2. The summed E-state index contributed by atoms with van der Waals surface area (Å²) in [6.07, 6.45) is -3.13. The molecule has 0 saturated heterocycles. The molecule has 1 aromatic rings. The Labute approximate surface area is 150 Å². The lowest BCUT2D eigenvalue weighted by atomic mass is 9.71. The molecular weight excluding hydrogens is 349 g/mol. The van der Waals surface area contributed by atoms with Crippen LogP contribution in [0.5, 0.6) is 0 Å². The predicted molar refractivity (Wildman–Crippen MR) is 89.0 cm³/mol. The third kappa shape index (κ3) is 3.48. The quantitative estimate of drug-likeness (QED) is 0.562. The Kier molecular flexibility index (Phi) is 5.78. The van der Waals surface area contributed by atoms with Crippen molar-refractivity contribution in [3.8, 4) is 0 Å². The van der Waals surface area contributed by atoms with Crippen LogP contribution in [-0.4, -0.2) is 31.3 Å². The maximum absolute atomic E-state index is 14.1. The van der Waals surface area contributed by atoms with Crippen LogP contribution < -0.4 is 0 Å². The first-order valence-electron chi connectivity index (χ1n) is 8.37. The Morgan fingerprint density at radius 1 is 1.08 bits per heavy atom. The summed E-state index contributed by atoms with van der Waals surface area (Å²) in [6.45, 7) is 3.59. The van der Waals surface area contributed by atoms with Crippen molar-refractivity contribution in [3.63, 3.8) is 0 Å². The maximum atomic E-state index is 14.1. The molecule has 4 nitrogen and oxygen atoms in total. The van der Waals surface area contributed by atoms with E-state index in [-0.39, 0.29) is 18.8 Å². The van der Waals surface area contributed by atoms with E-state index in [1.807, 2.05) is 0 Å². The first-order chi connectivity index (χ1) is 12.2. The molecule has 2 rings (SSSR count). The van der Waals surface area contributed by atoms with Gasteiger partial charge in [0, 0.05) is 0 Å². The SMILES string of the molecule is CCOC(=O)C(C)(C(=O)OCC)C(C1=CCc2ccccc21)C(F)(F)F. The molecule has 1 aliphatic rings. The Morgan fingerprint density at radius 2 is 1.62 bits per heavy atom. The predicted octanol–water partition coefficient (Wildman–Crippen LogP) is 3.94. The molecule has 0 aromatic heterocycles. The van der Waals surface area contributed by atoms with Gasteiger partial charge < -0.3 is 9.47 Å². The monoisotopic (exact) mass is 370 g/mol. The van der Waals surface area contributed by atoms with Crippen molar-refractivity contribution in [1.29, 1.82) is 0 Å². The smallest absolute Gasteiger partial charge is 0.397 e. The zero-order valence-electron chi connectivity index (χ0n) is 14.9. The summed E-state index contributed by atoms with van der Waals surface area (Å²) in [6, 6.07) is 6.63. The van der Waals surface area contributed by atoms with Crippen molar-refractivity contribution in [3.05, 3.63) is 41.5 Å². The average Bonchev–Trinajstić information content (AvgIpc) is 2.97. The molecule has 0 spiro atoms. The number of hydrogen-bond donors (Lipinski definition) is 0. The van der Waals surface area contributed by atoms with E-state index in [4.69, 9.17) is 9.47 Å². The molecule has 7 heteroatoms. The fourth-order valence-corrected chi connectivity index (χ4v) is 3.28. The Bertz CT molecular complexity index is 704. The van der Waals surface area contributed by atoms with Crippen molar-refractivity contribution >= 4 is 17.5 Å². The minimum absolute atomic E-state index is 0.100. The van der Waals surface area contributed by atoms with Crippen LogP contribution >= 0.6 is 0 Å². The fraction of sp³-hybridized carbons (Fsp3) is 0.474. The third-order valence-corrected chi connectivity index (χ3v) is 4.48. The van der Waals surface area contributed by atoms with Crippen LogP contribution in [0.3, 0.4) is 0 Å². The van der Waals surface area contributed by atoms with Crippen LogP contribution in [0.1, 0.15) is 31.9 Å². The van der Waals surface area contributed by atoms with Crippen LogP contribution in [0.15, 0.2) is 30.3 Å². The molecule has 0 amide bonds. The first-order valence-corrected chi connectivity index (χ1v) is 8.37. The molecule has 0 fully saturated rings. The van der Waals surface area contributed by atoms with Crippen molar-refractivity contribution in [1.82, 2.24) is 0 Å². The van der Waals surface area contributed by atoms with Gasteiger partial charge in [0.2, 0.25) is 0 Å². The molecule has 1 unspecified atom stereocenters. The normalized spacial score (nSPS) is 15.1. The maximum Gasteiger partial charge on any atom is 0.397 e. The highest BCUT2D eigenvalue weighted by atomic mass is 19.4. The molecule has 0 bridgehead atoms. The number of ether oxygens (including phenoxy) is 2. The van der Waals surface area contributed by atoms with E-state index >= 15 is 0 Å². The molecule has 1 aliphatic carbocycles. The zero-order chi connectivity index (χ0) is 19.5. The highest BCUT2D eigenvalue weighted by molar-refractivity contribution is 6.02. The summed E-state index contributed by atoms with van der Waals surface area (Å²) >= 11 is 0. The molecular formula is C19H21F3O4. The van der Waals surface area contributed by atoms with Crippen LogP contribution in [0.4, 0.5) is 13.2 Å². The van der Waals surface area contributed by atoms with Gasteiger partial charge in [0.15, 0.2) is 5.41 Å². The van der Waals surface area contributed by atoms with E-state index < -0.39 is 29.4 Å². The van der Waals surface area contributed by atoms with Crippen molar-refractivity contribution in [2.45, 2.75) is 33.4 Å². The topological polar surface area (TPSA) is 52.6 Å². The third-order valence-electron chi connectivity index (χ3n) is 4.48. The Morgan fingerprint density at radius 3 is 2.12 bits per heavy atom. The van der Waals surface area contributed by atoms with Gasteiger partial charge in [-0.25, -0.2) is 0 Å². The van der Waals surface area contributed by atoms with Gasteiger partial charge in [0.25, 0.3) is 0 Å². The second kappa shape index (κ2) is 7.51. The standard InChI is InChI=1S/C19H21F3O4/c1-4-25-16(23)18(3,17(24)26-5-2)15(19(20,21)22)14-11-10-12-8-6-7-9-13(12)14/h6-9,11,15H,4-5,10H2,1-3H3. The number of carbonyl (C=O) groups excluding carboxylic acids is 2. The lowest BCUT2D eigenvalue weighted by Crippen LogP contribution is -2.51. The minimum Gasteiger partial charge on any atom is -0.465 e. The fourth-order valence-electron chi connectivity index (χ4n) is 3.28. The number of benzene rings is 1. The second-order valence-electron chi connectivity index (χ2n) is 6.14. The average molecular weight is 370 g/mol. The van der Waals surface area contributed by atoms with Crippen LogP contribution in [0, 0.1) is 11.3 Å². The molecule has 0 aliphatic heterocycles. The van der Waals surface area contributed by atoms with Gasteiger partial charge in [-0.3, -0.25) is 9.59 Å². The lowest BCUT2D eigenvalue weighted by Gasteiger charge is -2.35. The summed E-state index contributed by atoms with van der Waals surface area (Å²) in [5, 5.41) is 0. The van der Waals surface area contributed by atoms with Gasteiger partial charge in [-0.1, -0.05) is 30.3 Å². The van der Waals surface area contributed by atoms with E-state index in [2.05, 4.69) is 0 Å². The highest BCUT2D eigenvalue weighted by Gasteiger charge is 2.63. The van der Waals surface area contributed by atoms with E-state index in [9.17, 15) is 22.8 Å². The van der Waals surface area contributed by atoms with Gasteiger partial charge in [0.05, 0.1) is 13.2 Å². The minimum atomic E-state index is -4.85. The largest absolute Gasteiger partial charge is 0.465 e. The number of allylic oxidation sites excluding steroid dienone is 2. The van der Waals surface area contributed by atoms with Crippen molar-refractivity contribution in [2.24, 2.45) is 11.3 Å². The zero-order valence-corrected chi connectivity index (χ0v) is 14.9. The Hall–Kier alpha value is -2.31. The number of rotatable bonds is 6. The number of halogens is 3. The second-order valence-corrected chi connectivity index (χ2v) is 6.14. The van der Waals surface area contributed by atoms with E-state index in [0.717, 1.165) is 6.92 Å². The molecule has 0 radical (unpaired) electrons. The van der Waals surface area contributed by atoms with Gasteiger partial charge in [-0.15, -0.1) is 0 Å². The number of fused-ring (bicyclic) bond motifs is 1. The molecule has 0 heterocycles. The van der Waals surface area contributed by atoms with E-state index in [0.29, 0.717) is 17.5 Å². The molecule has 0 saturated carbocycles. The van der Waals surface area contributed by atoms with E-state index in [1.165, 1.54) is 19.9 Å². The summed E-state index contributed by atoms with van der Waals surface area (Å²) in [4.78, 5) is 25.0. The van der Waals surface area contributed by atoms with Crippen LogP contribution in [0.2, 0.25) is 0 Å².